The fourth-order valence-electron chi connectivity index (χ4n) is 3.53. The van der Waals surface area contributed by atoms with Crippen LogP contribution in [0.4, 0.5) is 5.69 Å². The molecule has 0 saturated carbocycles. The molecule has 0 spiro atoms. The molecule has 1 aromatic carbocycles. The van der Waals surface area contributed by atoms with E-state index in [9.17, 15) is 0 Å². The molecule has 0 amide bonds. The molecule has 0 radical (unpaired) electrons. The van der Waals surface area contributed by atoms with Gasteiger partial charge in [-0.25, -0.2) is 0 Å². The minimum Gasteiger partial charge on any atom is -0.377 e. The van der Waals surface area contributed by atoms with Crippen molar-refractivity contribution in [2.24, 2.45) is 0 Å². The molecule has 0 bridgehead atoms. The van der Waals surface area contributed by atoms with Gasteiger partial charge in [-0.2, -0.15) is 0 Å². The summed E-state index contributed by atoms with van der Waals surface area (Å²) in [6.07, 6.45) is 21.6. The molecule has 1 aromatic rings. The van der Waals surface area contributed by atoms with Crippen molar-refractivity contribution in [3.8, 4) is 0 Å². The third-order valence-corrected chi connectivity index (χ3v) is 5.43. The molecular formula is C26H40N2. The number of hydrogen-bond donors (Lipinski definition) is 0. The lowest BCUT2D eigenvalue weighted by atomic mass is 10.1. The van der Waals surface area contributed by atoms with Gasteiger partial charge >= 0.3 is 0 Å². The topological polar surface area (TPSA) is 6.48 Å². The van der Waals surface area contributed by atoms with Gasteiger partial charge in [-0.15, -0.1) is 0 Å². The molecule has 1 aliphatic rings. The highest BCUT2D eigenvalue weighted by Gasteiger charge is 2.06. The van der Waals surface area contributed by atoms with Crippen molar-refractivity contribution in [2.45, 2.75) is 65.2 Å². The van der Waals surface area contributed by atoms with Gasteiger partial charge < -0.3 is 9.80 Å². The lowest BCUT2D eigenvalue weighted by Crippen LogP contribution is -2.25. The van der Waals surface area contributed by atoms with Gasteiger partial charge in [0.1, 0.15) is 0 Å². The summed E-state index contributed by atoms with van der Waals surface area (Å²) < 4.78 is 0. The van der Waals surface area contributed by atoms with Crippen LogP contribution in [0.25, 0.3) is 6.08 Å². The number of allylic oxidation sites excluding steroid dienone is 3. The largest absolute Gasteiger partial charge is 0.377 e. The van der Waals surface area contributed by atoms with Crippen molar-refractivity contribution in [3.05, 3.63) is 59.8 Å². The van der Waals surface area contributed by atoms with E-state index < -0.39 is 0 Å². The quantitative estimate of drug-likeness (QED) is 0.338. The maximum absolute atomic E-state index is 2.60. The lowest BCUT2D eigenvalue weighted by molar-refractivity contribution is 0.503. The molecule has 2 heteroatoms. The molecule has 2 nitrogen and oxygen atoms in total. The summed E-state index contributed by atoms with van der Waals surface area (Å²) in [6, 6.07) is 9.13. The van der Waals surface area contributed by atoms with Crippen LogP contribution < -0.4 is 4.90 Å². The summed E-state index contributed by atoms with van der Waals surface area (Å²) in [5.74, 6) is 0. The molecule has 0 fully saturated rings. The van der Waals surface area contributed by atoms with Crippen LogP contribution in [-0.2, 0) is 0 Å². The Morgan fingerprint density at radius 1 is 0.857 bits per heavy atom. The summed E-state index contributed by atoms with van der Waals surface area (Å²) in [7, 11) is 2.10. The highest BCUT2D eigenvalue weighted by atomic mass is 15.1. The van der Waals surface area contributed by atoms with Crippen LogP contribution >= 0.6 is 0 Å². The van der Waals surface area contributed by atoms with Crippen LogP contribution in [0.5, 0.6) is 0 Å². The first-order valence-corrected chi connectivity index (χ1v) is 11.3. The van der Waals surface area contributed by atoms with E-state index in [1.807, 2.05) is 0 Å². The van der Waals surface area contributed by atoms with Crippen molar-refractivity contribution in [3.63, 3.8) is 0 Å². The van der Waals surface area contributed by atoms with E-state index in [1.165, 1.54) is 81.3 Å². The van der Waals surface area contributed by atoms with Gasteiger partial charge in [0.15, 0.2) is 0 Å². The Morgan fingerprint density at radius 3 is 2.04 bits per heavy atom. The summed E-state index contributed by atoms with van der Waals surface area (Å²) >= 11 is 0. The van der Waals surface area contributed by atoms with Crippen LogP contribution in [0.2, 0.25) is 0 Å². The first-order valence-electron chi connectivity index (χ1n) is 11.3. The van der Waals surface area contributed by atoms with Crippen molar-refractivity contribution in [1.29, 1.82) is 0 Å². The fraction of sp³-hybridized carbons (Fsp3) is 0.538. The van der Waals surface area contributed by atoms with Crippen LogP contribution in [-0.4, -0.2) is 31.6 Å². The van der Waals surface area contributed by atoms with Crippen molar-refractivity contribution in [2.75, 3.05) is 31.6 Å². The van der Waals surface area contributed by atoms with E-state index in [1.54, 1.807) is 0 Å². The second kappa shape index (κ2) is 13.3. The average Bonchev–Trinajstić information content (AvgIpc) is 2.73. The average molecular weight is 381 g/mol. The van der Waals surface area contributed by atoms with E-state index in [2.05, 4.69) is 85.5 Å². The Balaban J connectivity index is 1.93. The van der Waals surface area contributed by atoms with Crippen LogP contribution in [0.3, 0.4) is 0 Å². The highest BCUT2D eigenvalue weighted by Crippen LogP contribution is 2.19. The molecule has 0 saturated heterocycles. The van der Waals surface area contributed by atoms with Gasteiger partial charge in [0.2, 0.25) is 0 Å². The van der Waals surface area contributed by atoms with Gasteiger partial charge in [0, 0.05) is 32.4 Å². The molecule has 0 unspecified atom stereocenters. The Labute approximate surface area is 173 Å². The van der Waals surface area contributed by atoms with Crippen molar-refractivity contribution in [1.82, 2.24) is 4.90 Å². The van der Waals surface area contributed by atoms with E-state index in [0.717, 1.165) is 6.54 Å². The smallest absolute Gasteiger partial charge is 0.0366 e. The molecule has 0 N–H and O–H groups in total. The number of hydrogen-bond acceptors (Lipinski definition) is 2. The SMILES string of the molecule is CCCCCCN(CCCCCC)c1ccc(C=CC2=CCN(C)C=C2)cc1. The molecule has 28 heavy (non-hydrogen) atoms. The first kappa shape index (κ1) is 22.3. The Hall–Kier alpha value is -1.96. The van der Waals surface area contributed by atoms with Crippen molar-refractivity contribution < 1.29 is 0 Å². The van der Waals surface area contributed by atoms with Gasteiger partial charge in [0.05, 0.1) is 0 Å². The van der Waals surface area contributed by atoms with E-state index in [4.69, 9.17) is 0 Å². The minimum atomic E-state index is 0.986. The molecule has 0 aromatic heterocycles. The molecule has 0 aliphatic carbocycles. The van der Waals surface area contributed by atoms with E-state index >= 15 is 0 Å². The normalized spacial score (nSPS) is 14.0. The van der Waals surface area contributed by atoms with Crippen LogP contribution in [0.15, 0.2) is 54.3 Å². The maximum Gasteiger partial charge on any atom is 0.0366 e. The second-order valence-electron chi connectivity index (χ2n) is 7.99. The molecule has 1 aliphatic heterocycles. The fourth-order valence-corrected chi connectivity index (χ4v) is 3.53. The van der Waals surface area contributed by atoms with Crippen molar-refractivity contribution >= 4 is 11.8 Å². The number of unbranched alkanes of at least 4 members (excludes halogenated alkanes) is 6. The Morgan fingerprint density at radius 2 is 1.50 bits per heavy atom. The third-order valence-electron chi connectivity index (χ3n) is 5.43. The Bertz CT molecular complexity index is 612. The predicted octanol–water partition coefficient (Wildman–Crippen LogP) is 7.05. The zero-order chi connectivity index (χ0) is 20.0. The number of likely N-dealkylation sites (N-methyl/N-ethyl adjacent to an activating group) is 1. The molecule has 2 rings (SSSR count). The first-order chi connectivity index (χ1) is 13.7. The Kier molecular flexibility index (Phi) is 10.6. The molecule has 0 atom stereocenters. The number of benzene rings is 1. The predicted molar refractivity (Wildman–Crippen MR) is 126 cm³/mol. The summed E-state index contributed by atoms with van der Waals surface area (Å²) in [4.78, 5) is 4.78. The number of rotatable bonds is 13. The third kappa shape index (κ3) is 8.37. The van der Waals surface area contributed by atoms with Gasteiger partial charge in [0.25, 0.3) is 0 Å². The standard InChI is InChI=1S/C26H40N2/c1-4-6-8-10-20-28(21-11-9-7-5-2)26-16-14-24(15-17-26)12-13-25-18-22-27(3)23-19-25/h12-19,22H,4-11,20-21,23H2,1-3H3. The minimum absolute atomic E-state index is 0.986. The number of anilines is 1. The summed E-state index contributed by atoms with van der Waals surface area (Å²) in [6.45, 7) is 7.93. The lowest BCUT2D eigenvalue weighted by Gasteiger charge is -2.25. The van der Waals surface area contributed by atoms with E-state index in [0.29, 0.717) is 0 Å². The molecule has 1 heterocycles. The summed E-state index contributed by atoms with van der Waals surface area (Å²) in [5.41, 5.74) is 3.94. The van der Waals surface area contributed by atoms with Crippen LogP contribution in [0, 0.1) is 0 Å². The monoisotopic (exact) mass is 380 g/mol. The van der Waals surface area contributed by atoms with Gasteiger partial charge in [-0.3, -0.25) is 0 Å². The highest BCUT2D eigenvalue weighted by molar-refractivity contribution is 5.59. The molecular weight excluding hydrogens is 340 g/mol. The zero-order valence-corrected chi connectivity index (χ0v) is 18.4. The van der Waals surface area contributed by atoms with Gasteiger partial charge in [-0.1, -0.05) is 82.7 Å². The maximum atomic E-state index is 2.60. The zero-order valence-electron chi connectivity index (χ0n) is 18.4. The van der Waals surface area contributed by atoms with Crippen LogP contribution in [0.1, 0.15) is 70.8 Å². The summed E-state index contributed by atoms with van der Waals surface area (Å²) in [5, 5.41) is 0. The second-order valence-corrected chi connectivity index (χ2v) is 7.99. The van der Waals surface area contributed by atoms with E-state index in [-0.39, 0.29) is 0 Å². The van der Waals surface area contributed by atoms with Gasteiger partial charge in [-0.05, 0) is 48.4 Å². The number of nitrogens with zero attached hydrogens (tertiary/aromatic N) is 2. The molecule has 154 valence electrons.